The number of aromatic hydroxyl groups is 1. The van der Waals surface area contributed by atoms with Crippen molar-refractivity contribution in [2.75, 3.05) is 39.8 Å². The van der Waals surface area contributed by atoms with Gasteiger partial charge in [-0.05, 0) is 37.1 Å². The molecule has 2 saturated heterocycles. The molecular formula is C22H37N5O2. The molecule has 1 atom stereocenters. The molecule has 1 aromatic carbocycles. The minimum atomic E-state index is 0.284. The maximum atomic E-state index is 9.82. The minimum Gasteiger partial charge on any atom is -0.508 e. The van der Waals surface area contributed by atoms with Gasteiger partial charge in [0.2, 0.25) is 0 Å². The Morgan fingerprint density at radius 1 is 1.24 bits per heavy atom. The Morgan fingerprint density at radius 3 is 2.59 bits per heavy atom. The normalized spacial score (nSPS) is 23.3. The van der Waals surface area contributed by atoms with Crippen LogP contribution in [-0.2, 0) is 11.3 Å². The number of benzene rings is 1. The predicted octanol–water partition coefficient (Wildman–Crippen LogP) is 1.82. The number of likely N-dealkylation sites (tertiary alicyclic amines) is 1. The van der Waals surface area contributed by atoms with Crippen molar-refractivity contribution in [2.45, 2.75) is 40.3 Å². The van der Waals surface area contributed by atoms with Crippen molar-refractivity contribution in [2.24, 2.45) is 11.5 Å². The van der Waals surface area contributed by atoms with Crippen molar-refractivity contribution < 1.29 is 9.84 Å². The van der Waals surface area contributed by atoms with Gasteiger partial charge in [0.05, 0.1) is 7.11 Å². The summed E-state index contributed by atoms with van der Waals surface area (Å²) >= 11 is 0. The molecule has 7 nitrogen and oxygen atoms in total. The van der Waals surface area contributed by atoms with Crippen LogP contribution in [0.4, 0.5) is 0 Å². The van der Waals surface area contributed by atoms with E-state index >= 15 is 0 Å². The van der Waals surface area contributed by atoms with Gasteiger partial charge in [-0.15, -0.1) is 0 Å². The summed E-state index contributed by atoms with van der Waals surface area (Å²) in [5.41, 5.74) is 17.0. The zero-order chi connectivity index (χ0) is 21.6. The molecule has 162 valence electrons. The second kappa shape index (κ2) is 10.4. The van der Waals surface area contributed by atoms with Crippen molar-refractivity contribution in [3.05, 3.63) is 52.2 Å². The molecule has 0 amide bonds. The molecule has 1 aromatic rings. The van der Waals surface area contributed by atoms with Crippen LogP contribution in [0.25, 0.3) is 0 Å². The zero-order valence-corrected chi connectivity index (χ0v) is 18.5. The molecule has 2 fully saturated rings. The number of piperazine rings is 1. The first-order valence-electron chi connectivity index (χ1n) is 10.4. The number of phenols is 1. The van der Waals surface area contributed by atoms with Crippen LogP contribution in [0.3, 0.4) is 0 Å². The van der Waals surface area contributed by atoms with E-state index in [4.69, 9.17) is 16.2 Å². The summed E-state index contributed by atoms with van der Waals surface area (Å²) in [4.78, 5) is 4.52. The molecular weight excluding hydrogens is 366 g/mol. The first-order valence-corrected chi connectivity index (χ1v) is 10.4. The van der Waals surface area contributed by atoms with Gasteiger partial charge in [0.15, 0.2) is 5.88 Å². The fourth-order valence-corrected chi connectivity index (χ4v) is 3.83. The predicted molar refractivity (Wildman–Crippen MR) is 118 cm³/mol. The van der Waals surface area contributed by atoms with E-state index in [9.17, 15) is 5.11 Å². The second-order valence-corrected chi connectivity index (χ2v) is 7.41. The summed E-state index contributed by atoms with van der Waals surface area (Å²) in [5.74, 6) is 1.49. The monoisotopic (exact) mass is 403 g/mol. The largest absolute Gasteiger partial charge is 0.508 e. The smallest absolute Gasteiger partial charge is 0.188 e. The van der Waals surface area contributed by atoms with Crippen LogP contribution in [0.2, 0.25) is 0 Å². The number of hydrogen-bond acceptors (Lipinski definition) is 7. The summed E-state index contributed by atoms with van der Waals surface area (Å²) < 4.78 is 5.34. The Balaban J connectivity index is 0.00000145. The number of nitrogens with zero attached hydrogens (tertiary/aromatic N) is 2. The van der Waals surface area contributed by atoms with Crippen LogP contribution < -0.4 is 16.8 Å². The minimum absolute atomic E-state index is 0.284. The number of aryl methyl sites for hydroxylation is 1. The van der Waals surface area contributed by atoms with E-state index in [1.165, 1.54) is 0 Å². The molecule has 2 aliphatic heterocycles. The molecule has 7 heteroatoms. The SMILES string of the molecule is CC.CO/C(N)=C1\CN(Cc2cc(O)ccc2C)C\C1=C(\N)N1CCNCC1C. The fraction of sp³-hybridized carbons (Fsp3) is 0.545. The Kier molecular flexibility index (Phi) is 8.22. The summed E-state index contributed by atoms with van der Waals surface area (Å²) in [6, 6.07) is 5.81. The lowest BCUT2D eigenvalue weighted by Gasteiger charge is -2.36. The molecule has 3 rings (SSSR count). The number of nitrogens with one attached hydrogen (secondary N) is 1. The Labute approximate surface area is 175 Å². The molecule has 1 unspecified atom stereocenters. The van der Waals surface area contributed by atoms with E-state index < -0.39 is 0 Å². The highest BCUT2D eigenvalue weighted by molar-refractivity contribution is 5.43. The molecule has 0 saturated carbocycles. The van der Waals surface area contributed by atoms with Crippen LogP contribution >= 0.6 is 0 Å². The summed E-state index contributed by atoms with van der Waals surface area (Å²) in [6.45, 7) is 13.0. The van der Waals surface area contributed by atoms with Crippen molar-refractivity contribution in [3.8, 4) is 5.75 Å². The Hall–Kier alpha value is -2.38. The van der Waals surface area contributed by atoms with Gasteiger partial charge in [-0.2, -0.15) is 0 Å². The maximum absolute atomic E-state index is 9.82. The van der Waals surface area contributed by atoms with Crippen LogP contribution in [0.5, 0.6) is 5.75 Å². The number of methoxy groups -OCH3 is 1. The van der Waals surface area contributed by atoms with Crippen molar-refractivity contribution in [3.63, 3.8) is 0 Å². The number of phenolic OH excluding ortho intramolecular Hbond substituents is 1. The van der Waals surface area contributed by atoms with Gasteiger partial charge in [0.25, 0.3) is 0 Å². The van der Waals surface area contributed by atoms with Crippen LogP contribution in [0, 0.1) is 6.92 Å². The third kappa shape index (κ3) is 5.36. The quantitative estimate of drug-likeness (QED) is 0.569. The van der Waals surface area contributed by atoms with Gasteiger partial charge >= 0.3 is 0 Å². The third-order valence-corrected chi connectivity index (χ3v) is 5.49. The molecule has 0 radical (unpaired) electrons. The van der Waals surface area contributed by atoms with E-state index in [-0.39, 0.29) is 5.75 Å². The molecule has 0 spiro atoms. The van der Waals surface area contributed by atoms with Gasteiger partial charge in [0.1, 0.15) is 11.6 Å². The number of hydrogen-bond donors (Lipinski definition) is 4. The highest BCUT2D eigenvalue weighted by Crippen LogP contribution is 2.29. The average Bonchev–Trinajstić information content (AvgIpc) is 3.15. The standard InChI is InChI=1S/C20H31N5O2.C2H6/c1-13-4-5-16(26)8-15(13)10-24-11-17(18(12-24)20(22)27-3)19(21)25-7-6-23-9-14(25)2;1-2/h4-5,8,14,23,26H,6-7,9-12,21-22H2,1-3H3;1-2H3/b19-17+,20-18+;. The Morgan fingerprint density at radius 2 is 1.93 bits per heavy atom. The number of rotatable bonds is 4. The fourth-order valence-electron chi connectivity index (χ4n) is 3.83. The van der Waals surface area contributed by atoms with Gasteiger partial charge < -0.3 is 31.5 Å². The molecule has 2 aliphatic rings. The van der Waals surface area contributed by atoms with Gasteiger partial charge in [0, 0.05) is 56.5 Å². The van der Waals surface area contributed by atoms with Gasteiger partial charge in [-0.25, -0.2) is 0 Å². The first-order chi connectivity index (χ1) is 13.9. The summed E-state index contributed by atoms with van der Waals surface area (Å²) in [7, 11) is 1.59. The molecule has 0 aromatic heterocycles. The van der Waals surface area contributed by atoms with Gasteiger partial charge in [-0.1, -0.05) is 19.9 Å². The topological polar surface area (TPSA) is 100 Å². The van der Waals surface area contributed by atoms with Crippen LogP contribution in [0.15, 0.2) is 41.0 Å². The molecule has 29 heavy (non-hydrogen) atoms. The number of nitrogens with two attached hydrogens (primary N) is 2. The van der Waals surface area contributed by atoms with Gasteiger partial charge in [-0.3, -0.25) is 4.90 Å². The lowest BCUT2D eigenvalue weighted by molar-refractivity contribution is 0.218. The summed E-state index contributed by atoms with van der Waals surface area (Å²) in [5, 5.41) is 13.2. The Bertz CT molecular complexity index is 760. The molecule has 2 heterocycles. The van der Waals surface area contributed by atoms with Crippen molar-refractivity contribution >= 4 is 0 Å². The van der Waals surface area contributed by atoms with Crippen molar-refractivity contribution in [1.82, 2.24) is 15.1 Å². The average molecular weight is 404 g/mol. The molecule has 6 N–H and O–H groups in total. The van der Waals surface area contributed by atoms with Crippen molar-refractivity contribution in [1.29, 1.82) is 0 Å². The first kappa shape index (κ1) is 22.9. The lowest BCUT2D eigenvalue weighted by Crippen LogP contribution is -2.51. The zero-order valence-electron chi connectivity index (χ0n) is 18.5. The van der Waals surface area contributed by atoms with E-state index in [0.717, 1.165) is 47.7 Å². The van der Waals surface area contributed by atoms with Crippen LogP contribution in [-0.4, -0.2) is 60.8 Å². The lowest BCUT2D eigenvalue weighted by atomic mass is 10.1. The number of ether oxygens (including phenoxy) is 1. The second-order valence-electron chi connectivity index (χ2n) is 7.41. The maximum Gasteiger partial charge on any atom is 0.188 e. The van der Waals surface area contributed by atoms with Crippen LogP contribution in [0.1, 0.15) is 31.9 Å². The van der Waals surface area contributed by atoms with E-state index in [1.807, 2.05) is 26.0 Å². The highest BCUT2D eigenvalue weighted by atomic mass is 16.5. The molecule has 0 aliphatic carbocycles. The van der Waals surface area contributed by atoms with E-state index in [0.29, 0.717) is 31.6 Å². The van der Waals surface area contributed by atoms with E-state index in [2.05, 4.69) is 29.0 Å². The van der Waals surface area contributed by atoms with E-state index in [1.54, 1.807) is 13.2 Å². The summed E-state index contributed by atoms with van der Waals surface area (Å²) in [6.07, 6.45) is 0. The highest BCUT2D eigenvalue weighted by Gasteiger charge is 2.30. The molecule has 0 bridgehead atoms. The third-order valence-electron chi connectivity index (χ3n) is 5.49.